The number of allylic oxidation sites excluding steroid dienone is 3. The summed E-state index contributed by atoms with van der Waals surface area (Å²) in [6.07, 6.45) is 26.0. The SMILES string of the molecule is C1=CC2CCC1C2.C=C1CCC2CC1C2(C)C.CC1(C)C2CCC(CC3CC4CCC3C4)C1C2. The van der Waals surface area contributed by atoms with E-state index in [-0.39, 0.29) is 0 Å². The van der Waals surface area contributed by atoms with Crippen molar-refractivity contribution < 1.29 is 0 Å². The van der Waals surface area contributed by atoms with Gasteiger partial charge < -0.3 is 0 Å². The van der Waals surface area contributed by atoms with E-state index in [4.69, 9.17) is 0 Å². The Morgan fingerprint density at radius 2 is 1.44 bits per heavy atom. The molecule has 10 aliphatic rings. The van der Waals surface area contributed by atoms with Crippen LogP contribution in [0, 0.1) is 70.0 Å². The molecule has 0 heterocycles. The van der Waals surface area contributed by atoms with Gasteiger partial charge in [0.2, 0.25) is 0 Å². The molecule has 0 amide bonds. The lowest BCUT2D eigenvalue weighted by molar-refractivity contribution is -0.111. The summed E-state index contributed by atoms with van der Waals surface area (Å²) in [7, 11) is 0. The van der Waals surface area contributed by atoms with Crippen molar-refractivity contribution in [1.29, 1.82) is 0 Å². The molecule has 8 bridgehead atoms. The van der Waals surface area contributed by atoms with Crippen molar-refractivity contribution in [3.05, 3.63) is 24.3 Å². The van der Waals surface area contributed by atoms with Crippen molar-refractivity contribution in [2.45, 2.75) is 118 Å². The molecule has 0 aromatic carbocycles. The first kappa shape index (κ1) is 23.9. The van der Waals surface area contributed by atoms with E-state index in [0.29, 0.717) is 10.8 Å². The third kappa shape index (κ3) is 4.10. The third-order valence-corrected chi connectivity index (χ3v) is 13.4. The zero-order chi connectivity index (χ0) is 23.7. The molecule has 0 spiro atoms. The van der Waals surface area contributed by atoms with Crippen molar-refractivity contribution in [2.24, 2.45) is 70.0 Å². The highest BCUT2D eigenvalue weighted by Crippen LogP contribution is 2.64. The molecule has 0 saturated heterocycles. The van der Waals surface area contributed by atoms with E-state index in [2.05, 4.69) is 46.4 Å². The first-order chi connectivity index (χ1) is 16.2. The van der Waals surface area contributed by atoms with Gasteiger partial charge in [0.1, 0.15) is 0 Å². The minimum atomic E-state index is 0.606. The van der Waals surface area contributed by atoms with Crippen LogP contribution in [0.1, 0.15) is 118 Å². The Morgan fingerprint density at radius 1 is 0.706 bits per heavy atom. The minimum absolute atomic E-state index is 0.606. The number of hydrogen-bond acceptors (Lipinski definition) is 0. The van der Waals surface area contributed by atoms with E-state index in [1.807, 2.05) is 0 Å². The van der Waals surface area contributed by atoms with Crippen LogP contribution in [-0.4, -0.2) is 0 Å². The average Bonchev–Trinajstić information content (AvgIpc) is 3.63. The van der Waals surface area contributed by atoms with Crippen LogP contribution in [0.5, 0.6) is 0 Å². The number of fused-ring (bicyclic) bond motifs is 8. The first-order valence-electron chi connectivity index (χ1n) is 15.6. The summed E-state index contributed by atoms with van der Waals surface area (Å²) >= 11 is 0. The van der Waals surface area contributed by atoms with Gasteiger partial charge in [-0.05, 0) is 153 Å². The normalized spacial score (nSPS) is 49.4. The number of rotatable bonds is 2. The molecule has 10 atom stereocenters. The van der Waals surface area contributed by atoms with E-state index < -0.39 is 0 Å². The van der Waals surface area contributed by atoms with Gasteiger partial charge in [0.05, 0.1) is 0 Å². The van der Waals surface area contributed by atoms with Gasteiger partial charge in [0.15, 0.2) is 0 Å². The molecule has 0 N–H and O–H groups in total. The Morgan fingerprint density at radius 3 is 1.85 bits per heavy atom. The van der Waals surface area contributed by atoms with Crippen LogP contribution in [0.3, 0.4) is 0 Å². The van der Waals surface area contributed by atoms with Gasteiger partial charge in [0.25, 0.3) is 0 Å². The molecule has 10 rings (SSSR count). The summed E-state index contributed by atoms with van der Waals surface area (Å²) < 4.78 is 0. The Labute approximate surface area is 211 Å². The van der Waals surface area contributed by atoms with Gasteiger partial charge in [-0.3, -0.25) is 0 Å². The molecular weight excluding hydrogens is 408 g/mol. The Balaban J connectivity index is 0.000000108. The second-order valence-corrected chi connectivity index (χ2v) is 15.6. The Hall–Kier alpha value is -0.520. The topological polar surface area (TPSA) is 0 Å². The standard InChI is InChI=1S/C17H28.C10H16.C7H10/c1-17(2)15-6-5-13(16(17)10-15)9-14-8-11-3-4-12(14)7-11;1-7-4-5-8-6-9(7)10(8,2)3;1-2-7-4-3-6(1)5-7/h11-16H,3-10H2,1-2H3;8-9H,1,4-6H2,2-3H3;1-2,6-7H,3-5H2. The van der Waals surface area contributed by atoms with Crippen molar-refractivity contribution in [1.82, 2.24) is 0 Å². The second-order valence-electron chi connectivity index (χ2n) is 15.6. The molecule has 0 aliphatic heterocycles. The van der Waals surface area contributed by atoms with Crippen LogP contribution in [0.2, 0.25) is 0 Å². The van der Waals surface area contributed by atoms with Crippen molar-refractivity contribution in [2.75, 3.05) is 0 Å². The number of hydrogen-bond donors (Lipinski definition) is 0. The fraction of sp³-hybridized carbons (Fsp3) is 0.882. The largest absolute Gasteiger partial charge is 0.0996 e. The Bertz CT molecular complexity index is 781. The van der Waals surface area contributed by atoms with E-state index in [0.717, 1.165) is 59.2 Å². The lowest BCUT2D eigenvalue weighted by Gasteiger charge is -2.60. The maximum Gasteiger partial charge on any atom is -0.0149 e. The van der Waals surface area contributed by atoms with Crippen LogP contribution >= 0.6 is 0 Å². The van der Waals surface area contributed by atoms with E-state index in [1.54, 1.807) is 51.4 Å². The molecular formula is C34H54. The molecule has 9 fully saturated rings. The summed E-state index contributed by atoms with van der Waals surface area (Å²) in [5, 5.41) is 0. The summed E-state index contributed by atoms with van der Waals surface area (Å²) in [5.74, 6) is 10.6. The third-order valence-electron chi connectivity index (χ3n) is 13.4. The van der Waals surface area contributed by atoms with E-state index in [1.165, 1.54) is 44.1 Å². The molecule has 0 aromatic heterocycles. The molecule has 0 radical (unpaired) electrons. The van der Waals surface area contributed by atoms with Crippen LogP contribution in [0.25, 0.3) is 0 Å². The van der Waals surface area contributed by atoms with E-state index in [9.17, 15) is 0 Å². The van der Waals surface area contributed by atoms with Crippen LogP contribution < -0.4 is 0 Å². The fourth-order valence-electron chi connectivity index (χ4n) is 10.7. The first-order valence-corrected chi connectivity index (χ1v) is 15.6. The molecule has 0 aromatic rings. The van der Waals surface area contributed by atoms with Crippen LogP contribution in [0.15, 0.2) is 24.3 Å². The maximum absolute atomic E-state index is 4.13. The van der Waals surface area contributed by atoms with E-state index >= 15 is 0 Å². The highest BCUT2D eigenvalue weighted by molar-refractivity contribution is 5.18. The molecule has 0 nitrogen and oxygen atoms in total. The highest BCUT2D eigenvalue weighted by Gasteiger charge is 2.55. The quantitative estimate of drug-likeness (QED) is 0.358. The van der Waals surface area contributed by atoms with Crippen molar-refractivity contribution in [3.63, 3.8) is 0 Å². The lowest BCUT2D eigenvalue weighted by Crippen LogP contribution is -2.52. The van der Waals surface area contributed by atoms with Crippen molar-refractivity contribution >= 4 is 0 Å². The Kier molecular flexibility index (Phi) is 6.17. The van der Waals surface area contributed by atoms with Gasteiger partial charge in [-0.15, -0.1) is 0 Å². The second kappa shape index (κ2) is 8.80. The maximum atomic E-state index is 4.13. The van der Waals surface area contributed by atoms with Crippen molar-refractivity contribution in [3.8, 4) is 0 Å². The highest BCUT2D eigenvalue weighted by atomic mass is 14.6. The lowest BCUT2D eigenvalue weighted by atomic mass is 9.45. The summed E-state index contributed by atoms with van der Waals surface area (Å²) in [6, 6.07) is 0. The van der Waals surface area contributed by atoms with Crippen LogP contribution in [-0.2, 0) is 0 Å². The zero-order valence-corrected chi connectivity index (χ0v) is 23.0. The predicted octanol–water partition coefficient (Wildman–Crippen LogP) is 9.86. The zero-order valence-electron chi connectivity index (χ0n) is 23.0. The van der Waals surface area contributed by atoms with Gasteiger partial charge in [-0.1, -0.05) is 58.4 Å². The van der Waals surface area contributed by atoms with Crippen LogP contribution in [0.4, 0.5) is 0 Å². The van der Waals surface area contributed by atoms with Gasteiger partial charge in [-0.2, -0.15) is 0 Å². The molecule has 190 valence electrons. The summed E-state index contributed by atoms with van der Waals surface area (Å²) in [4.78, 5) is 0. The molecule has 10 aliphatic carbocycles. The molecule has 34 heavy (non-hydrogen) atoms. The smallest absolute Gasteiger partial charge is 0.0149 e. The van der Waals surface area contributed by atoms with Gasteiger partial charge >= 0.3 is 0 Å². The molecule has 0 heteroatoms. The van der Waals surface area contributed by atoms with Gasteiger partial charge in [0, 0.05) is 0 Å². The summed E-state index contributed by atoms with van der Waals surface area (Å²) in [5.41, 5.74) is 2.84. The molecule has 9 saturated carbocycles. The average molecular weight is 463 g/mol. The summed E-state index contributed by atoms with van der Waals surface area (Å²) in [6.45, 7) is 14.0. The fourth-order valence-corrected chi connectivity index (χ4v) is 10.7. The van der Waals surface area contributed by atoms with Gasteiger partial charge in [-0.25, -0.2) is 0 Å². The monoisotopic (exact) mass is 462 g/mol. The predicted molar refractivity (Wildman–Crippen MR) is 145 cm³/mol. The molecule has 10 unspecified atom stereocenters. The minimum Gasteiger partial charge on any atom is -0.0996 e.